The van der Waals surface area contributed by atoms with Crippen molar-refractivity contribution in [3.05, 3.63) is 20.8 Å². The number of rotatable bonds is 2. The van der Waals surface area contributed by atoms with Crippen molar-refractivity contribution in [2.75, 3.05) is 25.5 Å². The van der Waals surface area contributed by atoms with Crippen molar-refractivity contribution in [2.24, 2.45) is 14.1 Å². The van der Waals surface area contributed by atoms with Crippen molar-refractivity contribution in [1.29, 1.82) is 0 Å². The quantitative estimate of drug-likeness (QED) is 0.741. The molecule has 1 saturated heterocycles. The molecule has 1 atom stereocenters. The molecular formula is C12H18N6O2. The Hall–Kier alpha value is -2.09. The fraction of sp³-hybridized carbons (Fsp3) is 0.583. The lowest BCUT2D eigenvalue weighted by atomic mass is 10.3. The molecule has 1 aliphatic rings. The summed E-state index contributed by atoms with van der Waals surface area (Å²) in [5.74, 6) is 0.540. The summed E-state index contributed by atoms with van der Waals surface area (Å²) in [5.41, 5.74) is 0.00347. The highest BCUT2D eigenvalue weighted by molar-refractivity contribution is 5.72. The molecule has 1 aliphatic heterocycles. The van der Waals surface area contributed by atoms with Gasteiger partial charge in [-0.3, -0.25) is 13.9 Å². The smallest absolute Gasteiger partial charge is 0.332 e. The third kappa shape index (κ3) is 1.92. The van der Waals surface area contributed by atoms with Crippen molar-refractivity contribution in [3.63, 3.8) is 0 Å². The lowest BCUT2D eigenvalue weighted by molar-refractivity contribution is 0.414. The molecule has 3 rings (SSSR count). The average molecular weight is 278 g/mol. The van der Waals surface area contributed by atoms with Crippen LogP contribution < -0.4 is 16.6 Å². The molecule has 0 radical (unpaired) electrons. The molecule has 8 heteroatoms. The average Bonchev–Trinajstić information content (AvgIpc) is 3.01. The fourth-order valence-corrected chi connectivity index (χ4v) is 2.64. The first-order valence-corrected chi connectivity index (χ1v) is 6.58. The second-order valence-corrected chi connectivity index (χ2v) is 5.38. The molecule has 0 aliphatic carbocycles. The van der Waals surface area contributed by atoms with Crippen LogP contribution in [0.15, 0.2) is 9.59 Å². The molecule has 3 heterocycles. The summed E-state index contributed by atoms with van der Waals surface area (Å²) in [5, 5.41) is 3.28. The largest absolute Gasteiger partial charge is 0.352 e. The van der Waals surface area contributed by atoms with E-state index in [2.05, 4.69) is 27.2 Å². The third-order valence-corrected chi connectivity index (χ3v) is 3.83. The van der Waals surface area contributed by atoms with E-state index >= 15 is 0 Å². The van der Waals surface area contributed by atoms with Crippen molar-refractivity contribution in [3.8, 4) is 0 Å². The lowest BCUT2D eigenvalue weighted by Crippen LogP contribution is -2.36. The van der Waals surface area contributed by atoms with Crippen LogP contribution >= 0.6 is 0 Å². The summed E-state index contributed by atoms with van der Waals surface area (Å²) in [6.07, 6.45) is 1.03. The van der Waals surface area contributed by atoms with Crippen LogP contribution in [0, 0.1) is 0 Å². The number of hydrogen-bond acceptors (Lipinski definition) is 5. The van der Waals surface area contributed by atoms with Crippen molar-refractivity contribution in [1.82, 2.24) is 24.0 Å². The number of nitrogens with zero attached hydrogens (tertiary/aromatic N) is 4. The van der Waals surface area contributed by atoms with E-state index in [9.17, 15) is 9.59 Å². The van der Waals surface area contributed by atoms with Crippen LogP contribution in [0.4, 0.5) is 5.95 Å². The lowest BCUT2D eigenvalue weighted by Gasteiger charge is -2.11. The van der Waals surface area contributed by atoms with E-state index in [1.807, 2.05) is 0 Å². The maximum atomic E-state index is 12.0. The minimum atomic E-state index is -0.374. The number of imidazole rings is 1. The zero-order chi connectivity index (χ0) is 14.4. The van der Waals surface area contributed by atoms with E-state index in [0.29, 0.717) is 23.2 Å². The topological polar surface area (TPSA) is 88.0 Å². The molecule has 0 bridgehead atoms. The molecule has 1 fully saturated rings. The zero-order valence-electron chi connectivity index (χ0n) is 11.8. The van der Waals surface area contributed by atoms with E-state index < -0.39 is 0 Å². The molecule has 108 valence electrons. The van der Waals surface area contributed by atoms with E-state index in [4.69, 9.17) is 0 Å². The minimum Gasteiger partial charge on any atom is -0.352 e. The highest BCUT2D eigenvalue weighted by Gasteiger charge is 2.21. The minimum absolute atomic E-state index is 0.307. The van der Waals surface area contributed by atoms with Crippen molar-refractivity contribution < 1.29 is 0 Å². The van der Waals surface area contributed by atoms with Gasteiger partial charge in [-0.25, -0.2) is 4.79 Å². The first kappa shape index (κ1) is 12.9. The summed E-state index contributed by atoms with van der Waals surface area (Å²) < 4.78 is 2.45. The first-order valence-electron chi connectivity index (χ1n) is 6.58. The number of likely N-dealkylation sites (tertiary alicyclic amines) is 1. The molecule has 0 aromatic carbocycles. The van der Waals surface area contributed by atoms with E-state index in [0.717, 1.165) is 24.1 Å². The number of H-pyrrole nitrogens is 1. The summed E-state index contributed by atoms with van der Waals surface area (Å²) in [6.45, 7) is 1.98. The molecule has 1 unspecified atom stereocenters. The molecular weight excluding hydrogens is 260 g/mol. The second-order valence-electron chi connectivity index (χ2n) is 5.38. The van der Waals surface area contributed by atoms with Crippen LogP contribution in [0.1, 0.15) is 6.42 Å². The van der Waals surface area contributed by atoms with Crippen molar-refractivity contribution >= 4 is 17.1 Å². The Morgan fingerprint density at radius 3 is 2.65 bits per heavy atom. The van der Waals surface area contributed by atoms with Crippen LogP contribution in [0.5, 0.6) is 0 Å². The Labute approximate surface area is 115 Å². The maximum Gasteiger partial charge on any atom is 0.332 e. The van der Waals surface area contributed by atoms with Crippen LogP contribution in [0.3, 0.4) is 0 Å². The highest BCUT2D eigenvalue weighted by atomic mass is 16.2. The van der Waals surface area contributed by atoms with Crippen LogP contribution in [-0.4, -0.2) is 50.2 Å². The van der Waals surface area contributed by atoms with E-state index in [1.165, 1.54) is 11.6 Å². The fourth-order valence-electron chi connectivity index (χ4n) is 2.64. The third-order valence-electron chi connectivity index (χ3n) is 3.83. The molecule has 0 amide bonds. The molecule has 2 N–H and O–H groups in total. The number of likely N-dealkylation sites (N-methyl/N-ethyl adjacent to an activating group) is 1. The number of anilines is 1. The van der Waals surface area contributed by atoms with E-state index in [1.54, 1.807) is 7.05 Å². The standard InChI is InChI=1S/C12H18N6O2/c1-16-5-4-7(6-16)13-11-14-8-9(15-11)17(2)12(20)18(3)10(8)19/h7H,4-6H2,1-3H3,(H2,13,14,15). The second kappa shape index (κ2) is 4.48. The van der Waals surface area contributed by atoms with Crippen LogP contribution in [0.25, 0.3) is 11.2 Å². The molecule has 2 aromatic rings. The number of aryl methyl sites for hydroxylation is 1. The summed E-state index contributed by atoms with van der Waals surface area (Å²) in [6, 6.07) is 0.307. The molecule has 2 aromatic heterocycles. The normalized spacial score (nSPS) is 19.9. The Bertz CT molecular complexity index is 771. The van der Waals surface area contributed by atoms with Gasteiger partial charge in [0.2, 0.25) is 5.95 Å². The van der Waals surface area contributed by atoms with Gasteiger partial charge in [0.25, 0.3) is 5.56 Å². The highest BCUT2D eigenvalue weighted by Crippen LogP contribution is 2.14. The summed E-state index contributed by atoms with van der Waals surface area (Å²) in [4.78, 5) is 33.4. The predicted molar refractivity (Wildman–Crippen MR) is 76.1 cm³/mol. The molecule has 0 saturated carbocycles. The SMILES string of the molecule is CN1CCC(Nc2nc3c([nH]2)c(=O)n(C)c(=O)n3C)C1. The zero-order valence-corrected chi connectivity index (χ0v) is 11.8. The Morgan fingerprint density at radius 2 is 2.00 bits per heavy atom. The summed E-state index contributed by atoms with van der Waals surface area (Å²) in [7, 11) is 5.14. The predicted octanol–water partition coefficient (Wildman–Crippen LogP) is -0.924. The van der Waals surface area contributed by atoms with Gasteiger partial charge in [-0.05, 0) is 20.0 Å². The van der Waals surface area contributed by atoms with Crippen molar-refractivity contribution in [2.45, 2.75) is 12.5 Å². The Balaban J connectivity index is 2.03. The van der Waals surface area contributed by atoms with Gasteiger partial charge in [0.15, 0.2) is 11.2 Å². The number of fused-ring (bicyclic) bond motifs is 1. The molecule has 8 nitrogen and oxygen atoms in total. The Kier molecular flexibility index (Phi) is 2.89. The number of aromatic nitrogens is 4. The monoisotopic (exact) mass is 278 g/mol. The van der Waals surface area contributed by atoms with Gasteiger partial charge in [-0.1, -0.05) is 0 Å². The first-order chi connectivity index (χ1) is 9.47. The van der Waals surface area contributed by atoms with Crippen LogP contribution in [-0.2, 0) is 14.1 Å². The van der Waals surface area contributed by atoms with Gasteiger partial charge < -0.3 is 15.2 Å². The van der Waals surface area contributed by atoms with Gasteiger partial charge in [0.05, 0.1) is 0 Å². The van der Waals surface area contributed by atoms with Gasteiger partial charge in [0.1, 0.15) is 0 Å². The van der Waals surface area contributed by atoms with Gasteiger partial charge in [-0.15, -0.1) is 0 Å². The molecule has 20 heavy (non-hydrogen) atoms. The molecule has 0 spiro atoms. The summed E-state index contributed by atoms with van der Waals surface area (Å²) >= 11 is 0. The van der Waals surface area contributed by atoms with Gasteiger partial charge >= 0.3 is 5.69 Å². The van der Waals surface area contributed by atoms with E-state index in [-0.39, 0.29) is 11.2 Å². The Morgan fingerprint density at radius 1 is 1.25 bits per heavy atom. The van der Waals surface area contributed by atoms with Crippen LogP contribution in [0.2, 0.25) is 0 Å². The number of hydrogen-bond donors (Lipinski definition) is 2. The number of nitrogens with one attached hydrogen (secondary N) is 2. The number of aromatic amines is 1. The maximum absolute atomic E-state index is 12.0. The van der Waals surface area contributed by atoms with Gasteiger partial charge in [0, 0.05) is 26.7 Å². The van der Waals surface area contributed by atoms with Gasteiger partial charge in [-0.2, -0.15) is 4.98 Å².